The Kier molecular flexibility index (Phi) is 6.76. The summed E-state index contributed by atoms with van der Waals surface area (Å²) in [4.78, 5) is 0. The van der Waals surface area contributed by atoms with Gasteiger partial charge in [-0.1, -0.05) is 90.1 Å². The van der Waals surface area contributed by atoms with E-state index in [1.165, 1.54) is 0 Å². The number of aromatic hydroxyl groups is 1. The highest BCUT2D eigenvalue weighted by Crippen LogP contribution is 2.52. The molecule has 0 aliphatic rings. The molecule has 0 fully saturated rings. The number of hydrogen-bond acceptors (Lipinski definition) is 4. The minimum Gasteiger partial charge on any atom is -0.507 e. The molecule has 5 heteroatoms. The lowest BCUT2D eigenvalue weighted by Gasteiger charge is -2.29. The molecule has 0 radical (unpaired) electrons. The summed E-state index contributed by atoms with van der Waals surface area (Å²) in [7, 11) is -3.63. The average Bonchev–Trinajstić information content (AvgIpc) is 2.69. The second-order valence-electron chi connectivity index (χ2n) is 10.1. The number of para-hydroxylation sites is 2. The minimum atomic E-state index is -3.63. The quantitative estimate of drug-likeness (QED) is 0.387. The van der Waals surface area contributed by atoms with E-state index in [0.29, 0.717) is 11.5 Å². The van der Waals surface area contributed by atoms with Gasteiger partial charge in [0.25, 0.3) is 0 Å². The van der Waals surface area contributed by atoms with Gasteiger partial charge >= 0.3 is 7.60 Å². The Hall–Kier alpha value is -2.71. The molecule has 3 rings (SSSR count). The Morgan fingerprint density at radius 2 is 1.09 bits per heavy atom. The van der Waals surface area contributed by atoms with Crippen molar-refractivity contribution in [2.75, 3.05) is 0 Å². The molecule has 0 spiro atoms. The van der Waals surface area contributed by atoms with E-state index in [-0.39, 0.29) is 22.7 Å². The van der Waals surface area contributed by atoms with Crippen LogP contribution >= 0.6 is 7.60 Å². The van der Waals surface area contributed by atoms with Crippen molar-refractivity contribution < 1.29 is 18.7 Å². The third-order valence-electron chi connectivity index (χ3n) is 5.14. The van der Waals surface area contributed by atoms with Crippen LogP contribution in [0, 0.1) is 0 Å². The first kappa shape index (κ1) is 23.9. The highest BCUT2D eigenvalue weighted by Gasteiger charge is 2.32. The summed E-state index contributed by atoms with van der Waals surface area (Å²) in [6.45, 7) is 12.3. The van der Waals surface area contributed by atoms with Gasteiger partial charge in [-0.15, -0.1) is 0 Å². The van der Waals surface area contributed by atoms with Crippen LogP contribution in [0.25, 0.3) is 0 Å². The normalized spacial score (nSPS) is 12.4. The zero-order valence-electron chi connectivity index (χ0n) is 19.8. The number of rotatable bonds is 6. The first-order valence-electron chi connectivity index (χ1n) is 10.8. The van der Waals surface area contributed by atoms with Crippen LogP contribution in [0.5, 0.6) is 17.2 Å². The van der Waals surface area contributed by atoms with Crippen LogP contribution in [0.1, 0.15) is 58.2 Å². The summed E-state index contributed by atoms with van der Waals surface area (Å²) in [6, 6.07) is 22.0. The number of phenols is 1. The summed E-state index contributed by atoms with van der Waals surface area (Å²) in [6.07, 6.45) is 0.0726. The summed E-state index contributed by atoms with van der Waals surface area (Å²) in [5.74, 6) is 1.26. The van der Waals surface area contributed by atoms with E-state index in [1.54, 1.807) is 24.3 Å². The zero-order valence-corrected chi connectivity index (χ0v) is 20.6. The molecule has 4 nitrogen and oxygen atoms in total. The predicted molar refractivity (Wildman–Crippen MR) is 131 cm³/mol. The van der Waals surface area contributed by atoms with E-state index in [1.807, 2.05) is 48.5 Å². The molecule has 0 bridgehead atoms. The molecule has 0 unspecified atom stereocenters. The van der Waals surface area contributed by atoms with Gasteiger partial charge in [-0.2, -0.15) is 0 Å². The van der Waals surface area contributed by atoms with Crippen LogP contribution in [-0.2, 0) is 21.6 Å². The van der Waals surface area contributed by atoms with E-state index in [2.05, 4.69) is 41.5 Å². The maximum absolute atomic E-state index is 14.0. The maximum atomic E-state index is 14.0. The molecule has 170 valence electrons. The third kappa shape index (κ3) is 5.95. The summed E-state index contributed by atoms with van der Waals surface area (Å²) in [5.41, 5.74) is 1.85. The Balaban J connectivity index is 2.08. The Morgan fingerprint density at radius 3 is 1.44 bits per heavy atom. The molecular weight excluding hydrogens is 419 g/mol. The Morgan fingerprint density at radius 1 is 0.719 bits per heavy atom. The van der Waals surface area contributed by atoms with E-state index in [4.69, 9.17) is 9.05 Å². The monoisotopic (exact) mass is 452 g/mol. The van der Waals surface area contributed by atoms with Crippen molar-refractivity contribution >= 4 is 7.60 Å². The lowest BCUT2D eigenvalue weighted by Crippen LogP contribution is -2.18. The van der Waals surface area contributed by atoms with Crippen LogP contribution in [0.2, 0.25) is 0 Å². The molecule has 32 heavy (non-hydrogen) atoms. The average molecular weight is 453 g/mol. The van der Waals surface area contributed by atoms with Crippen LogP contribution in [0.3, 0.4) is 0 Å². The molecule has 0 amide bonds. The van der Waals surface area contributed by atoms with Crippen molar-refractivity contribution in [2.24, 2.45) is 0 Å². The number of hydrogen-bond donors (Lipinski definition) is 1. The van der Waals surface area contributed by atoms with Crippen molar-refractivity contribution in [3.05, 3.63) is 89.5 Å². The molecular formula is C27H33O4P. The summed E-state index contributed by atoms with van der Waals surface area (Å²) < 4.78 is 25.9. The van der Waals surface area contributed by atoms with Crippen molar-refractivity contribution in [3.63, 3.8) is 0 Å². The second-order valence-corrected chi connectivity index (χ2v) is 12.0. The largest absolute Gasteiger partial charge is 0.507 e. The molecule has 0 aliphatic heterocycles. The smallest absolute Gasteiger partial charge is 0.435 e. The molecule has 0 atom stereocenters. The van der Waals surface area contributed by atoms with Gasteiger partial charge in [-0.05, 0) is 51.8 Å². The molecule has 0 aromatic heterocycles. The number of phenolic OH excluding ortho intramolecular Hbond substituents is 1. The van der Waals surface area contributed by atoms with Gasteiger partial charge in [0, 0.05) is 0 Å². The fourth-order valence-electron chi connectivity index (χ4n) is 3.52. The van der Waals surface area contributed by atoms with Gasteiger partial charge in [0.1, 0.15) is 17.2 Å². The fourth-order valence-corrected chi connectivity index (χ4v) is 5.20. The second kappa shape index (κ2) is 9.03. The van der Waals surface area contributed by atoms with Crippen LogP contribution < -0.4 is 9.05 Å². The molecule has 0 heterocycles. The van der Waals surface area contributed by atoms with Crippen molar-refractivity contribution in [3.8, 4) is 17.2 Å². The lowest BCUT2D eigenvalue weighted by atomic mass is 9.78. The van der Waals surface area contributed by atoms with E-state index in [9.17, 15) is 9.67 Å². The van der Waals surface area contributed by atoms with E-state index < -0.39 is 7.60 Å². The van der Waals surface area contributed by atoms with Crippen molar-refractivity contribution in [1.82, 2.24) is 0 Å². The molecule has 3 aromatic rings. The van der Waals surface area contributed by atoms with Gasteiger partial charge in [-0.25, -0.2) is 4.57 Å². The van der Waals surface area contributed by atoms with Gasteiger partial charge in [0.05, 0.1) is 6.16 Å². The standard InChI is InChI=1S/C27H33O4P/c1-26(2,3)23-17-20(18-24(25(23)28)27(4,5)6)19-32(29,30-21-13-9-7-10-14-21)31-22-15-11-8-12-16-22/h7-18,28H,19H2,1-6H3. The molecule has 0 saturated carbocycles. The summed E-state index contributed by atoms with van der Waals surface area (Å²) in [5, 5.41) is 11.0. The minimum absolute atomic E-state index is 0.0726. The maximum Gasteiger partial charge on any atom is 0.435 e. The molecule has 1 N–H and O–H groups in total. The summed E-state index contributed by atoms with van der Waals surface area (Å²) >= 11 is 0. The highest BCUT2D eigenvalue weighted by atomic mass is 31.2. The van der Waals surface area contributed by atoms with Gasteiger partial charge in [0.2, 0.25) is 0 Å². The first-order valence-corrected chi connectivity index (χ1v) is 12.6. The van der Waals surface area contributed by atoms with Gasteiger partial charge < -0.3 is 14.2 Å². The van der Waals surface area contributed by atoms with E-state index >= 15 is 0 Å². The Bertz CT molecular complexity index is 1010. The SMILES string of the molecule is CC(C)(C)c1cc(CP(=O)(Oc2ccccc2)Oc2ccccc2)cc(C(C)(C)C)c1O. The van der Waals surface area contributed by atoms with Gasteiger partial charge in [0.15, 0.2) is 0 Å². The molecule has 0 saturated heterocycles. The van der Waals surface area contributed by atoms with Crippen LogP contribution in [0.4, 0.5) is 0 Å². The topological polar surface area (TPSA) is 55.8 Å². The van der Waals surface area contributed by atoms with Crippen molar-refractivity contribution in [2.45, 2.75) is 58.5 Å². The van der Waals surface area contributed by atoms with Crippen LogP contribution in [-0.4, -0.2) is 5.11 Å². The highest BCUT2D eigenvalue weighted by molar-refractivity contribution is 7.53. The van der Waals surface area contributed by atoms with Crippen LogP contribution in [0.15, 0.2) is 72.8 Å². The van der Waals surface area contributed by atoms with Crippen molar-refractivity contribution in [1.29, 1.82) is 0 Å². The fraction of sp³-hybridized carbons (Fsp3) is 0.333. The first-order chi connectivity index (χ1) is 14.9. The Labute approximate surface area is 191 Å². The zero-order chi connectivity index (χ0) is 23.6. The molecule has 0 aliphatic carbocycles. The number of benzene rings is 3. The van der Waals surface area contributed by atoms with E-state index in [0.717, 1.165) is 16.7 Å². The predicted octanol–water partition coefficient (Wildman–Crippen LogP) is 7.84. The third-order valence-corrected chi connectivity index (χ3v) is 6.87. The molecule has 3 aromatic carbocycles. The van der Waals surface area contributed by atoms with Gasteiger partial charge in [-0.3, -0.25) is 0 Å². The lowest BCUT2D eigenvalue weighted by molar-refractivity contribution is 0.384.